The molecule has 312 valence electrons. The number of thiazole rings is 2. The highest BCUT2D eigenvalue weighted by molar-refractivity contribution is 7.86. The molecule has 6 aromatic rings. The average Bonchev–Trinajstić information content (AvgIpc) is 3.79. The Labute approximate surface area is 355 Å². The van der Waals surface area contributed by atoms with Crippen molar-refractivity contribution in [2.75, 3.05) is 37.0 Å². The highest BCUT2D eigenvalue weighted by atomic mass is 32.2. The van der Waals surface area contributed by atoms with Crippen LogP contribution in [-0.4, -0.2) is 53.1 Å². The first-order valence-electron chi connectivity index (χ1n) is 18.2. The van der Waals surface area contributed by atoms with E-state index in [0.717, 1.165) is 41.1 Å². The summed E-state index contributed by atoms with van der Waals surface area (Å²) in [6.07, 6.45) is 5.00. The topological polar surface area (TPSA) is 178 Å². The maximum Gasteiger partial charge on any atom is 0.408 e. The molecule has 0 unspecified atom stereocenters. The standard InChI is InChI=1S/C27H34N8S2.2C7H8O3S/c1-20-18-22(28-30-26-34(5)14-16-36-26)8-10-24(20)32(3)12-7-13-33(4)25-11-9-23(19-21(25)2)29-31-27-35(6)15-17-37-27;2*1-6-4-2-3-5-7(6)11(8,9)10/h8-11,14-19H,7,12-13H2,1-6H3;2*2-5H,1H3,(H,8,9,10)/q+2;;/p-2. The van der Waals surface area contributed by atoms with Crippen molar-refractivity contribution in [3.63, 3.8) is 0 Å². The Balaban J connectivity index is 0.000000282. The molecule has 0 aliphatic rings. The molecule has 0 amide bonds. The number of anilines is 2. The molecule has 0 radical (unpaired) electrons. The SMILES string of the molecule is Cc1cc(N=Nc2scc[n+]2C)ccc1N(C)CCCN(C)c1ccc(N=Nc2scc[n+]2C)cc1C.Cc1ccccc1S(=O)(=O)[O-].Cc1ccccc1S(=O)(=O)[O-]. The molecule has 18 heteroatoms. The lowest BCUT2D eigenvalue weighted by atomic mass is 10.1. The van der Waals surface area contributed by atoms with Gasteiger partial charge in [0.25, 0.3) is 0 Å². The van der Waals surface area contributed by atoms with E-state index in [2.05, 4.69) is 82.5 Å². The van der Waals surface area contributed by atoms with Gasteiger partial charge in [0.2, 0.25) is 0 Å². The fourth-order valence-corrected chi connectivity index (χ4v) is 8.54. The predicted molar refractivity (Wildman–Crippen MR) is 231 cm³/mol. The second-order valence-electron chi connectivity index (χ2n) is 13.6. The zero-order valence-corrected chi connectivity index (χ0v) is 37.4. The van der Waals surface area contributed by atoms with E-state index in [1.165, 1.54) is 46.8 Å². The minimum atomic E-state index is -4.28. The van der Waals surface area contributed by atoms with Crippen LogP contribution in [0.2, 0.25) is 0 Å². The molecule has 0 saturated carbocycles. The molecule has 0 N–H and O–H groups in total. The summed E-state index contributed by atoms with van der Waals surface area (Å²) < 4.78 is 66.9. The lowest BCUT2D eigenvalue weighted by Crippen LogP contribution is -2.26. The number of hydrogen-bond donors (Lipinski definition) is 0. The van der Waals surface area contributed by atoms with Crippen LogP contribution in [0.1, 0.15) is 28.7 Å². The van der Waals surface area contributed by atoms with Crippen molar-refractivity contribution in [1.82, 2.24) is 0 Å². The second kappa shape index (κ2) is 21.1. The summed E-state index contributed by atoms with van der Waals surface area (Å²) in [5.41, 5.74) is 7.53. The Morgan fingerprint density at radius 3 is 1.22 bits per heavy atom. The Hall–Kier alpha value is -5.24. The first kappa shape index (κ1) is 46.4. The van der Waals surface area contributed by atoms with Crippen LogP contribution in [0.5, 0.6) is 0 Å². The molecule has 4 aromatic carbocycles. The van der Waals surface area contributed by atoms with E-state index in [1.807, 2.05) is 58.5 Å². The van der Waals surface area contributed by atoms with Crippen molar-refractivity contribution in [3.05, 3.63) is 130 Å². The van der Waals surface area contributed by atoms with Crippen molar-refractivity contribution < 1.29 is 35.1 Å². The molecule has 14 nitrogen and oxygen atoms in total. The Kier molecular flexibility index (Phi) is 16.6. The quantitative estimate of drug-likeness (QED) is 0.0666. The number of aromatic nitrogens is 2. The van der Waals surface area contributed by atoms with Crippen LogP contribution in [0.4, 0.5) is 33.0 Å². The zero-order valence-electron chi connectivity index (χ0n) is 34.2. The second-order valence-corrected chi connectivity index (χ2v) is 18.0. The van der Waals surface area contributed by atoms with Crippen LogP contribution in [0.3, 0.4) is 0 Å². The number of azo groups is 2. The molecular weight excluding hydrogens is 829 g/mol. The van der Waals surface area contributed by atoms with Gasteiger partial charge in [-0.1, -0.05) is 36.4 Å². The van der Waals surface area contributed by atoms with Gasteiger partial charge in [0, 0.05) is 49.3 Å². The normalized spacial score (nSPS) is 11.6. The number of rotatable bonds is 12. The van der Waals surface area contributed by atoms with Crippen LogP contribution < -0.4 is 18.9 Å². The summed E-state index contributed by atoms with van der Waals surface area (Å²) in [5, 5.41) is 23.3. The minimum Gasteiger partial charge on any atom is -0.744 e. The Morgan fingerprint density at radius 1 is 0.559 bits per heavy atom. The lowest BCUT2D eigenvalue weighted by molar-refractivity contribution is -0.654. The molecule has 0 aliphatic carbocycles. The van der Waals surface area contributed by atoms with Gasteiger partial charge in [0.1, 0.15) is 44.0 Å². The van der Waals surface area contributed by atoms with Crippen molar-refractivity contribution in [1.29, 1.82) is 0 Å². The average molecular weight is 877 g/mol. The van der Waals surface area contributed by atoms with E-state index in [1.54, 1.807) is 60.8 Å². The highest BCUT2D eigenvalue weighted by Crippen LogP contribution is 2.28. The Morgan fingerprint density at radius 2 is 0.932 bits per heavy atom. The fraction of sp³-hybridized carbons (Fsp3) is 0.268. The molecule has 0 aliphatic heterocycles. The van der Waals surface area contributed by atoms with E-state index < -0.39 is 20.2 Å². The number of benzene rings is 4. The summed E-state index contributed by atoms with van der Waals surface area (Å²) in [5.74, 6) is 0. The molecule has 0 atom stereocenters. The van der Waals surface area contributed by atoms with Crippen molar-refractivity contribution in [2.45, 2.75) is 43.9 Å². The largest absolute Gasteiger partial charge is 0.744 e. The van der Waals surface area contributed by atoms with E-state index in [4.69, 9.17) is 0 Å². The summed E-state index contributed by atoms with van der Waals surface area (Å²) in [7, 11) is -0.326. The minimum absolute atomic E-state index is 0.139. The number of aryl methyl sites for hydroxylation is 6. The fourth-order valence-electron chi connectivity index (χ4n) is 5.77. The zero-order chi connectivity index (χ0) is 43.3. The van der Waals surface area contributed by atoms with Gasteiger partial charge in [-0.15, -0.1) is 0 Å². The van der Waals surface area contributed by atoms with Gasteiger partial charge in [-0.05, 0) is 138 Å². The smallest absolute Gasteiger partial charge is 0.408 e. The maximum atomic E-state index is 10.5. The third-order valence-electron chi connectivity index (χ3n) is 8.92. The molecule has 0 spiro atoms. The molecule has 6 rings (SSSR count). The monoisotopic (exact) mass is 876 g/mol. The van der Waals surface area contributed by atoms with Crippen LogP contribution in [0, 0.1) is 27.7 Å². The summed E-state index contributed by atoms with van der Waals surface area (Å²) in [6, 6.07) is 24.7. The maximum absolute atomic E-state index is 10.5. The van der Waals surface area contributed by atoms with Gasteiger partial charge in [-0.25, -0.2) is 26.0 Å². The van der Waals surface area contributed by atoms with Gasteiger partial charge in [-0.2, -0.15) is 0 Å². The molecule has 0 fully saturated rings. The van der Waals surface area contributed by atoms with Crippen LogP contribution in [0.15, 0.2) is 138 Å². The first-order chi connectivity index (χ1) is 27.8. The van der Waals surface area contributed by atoms with Gasteiger partial charge >= 0.3 is 10.3 Å². The molecule has 2 aromatic heterocycles. The van der Waals surface area contributed by atoms with Crippen molar-refractivity contribution >= 4 is 75.9 Å². The van der Waals surface area contributed by atoms with E-state index in [0.29, 0.717) is 11.1 Å². The van der Waals surface area contributed by atoms with E-state index in [9.17, 15) is 25.9 Å². The molecule has 0 saturated heterocycles. The third kappa shape index (κ3) is 13.9. The van der Waals surface area contributed by atoms with Gasteiger partial charge in [-0.3, -0.25) is 0 Å². The predicted octanol–water partition coefficient (Wildman–Crippen LogP) is 8.67. The number of nitrogens with zero attached hydrogens (tertiary/aromatic N) is 8. The summed E-state index contributed by atoms with van der Waals surface area (Å²) in [4.78, 5) is 4.34. The van der Waals surface area contributed by atoms with Crippen LogP contribution >= 0.6 is 22.7 Å². The van der Waals surface area contributed by atoms with Crippen molar-refractivity contribution in [2.24, 2.45) is 34.6 Å². The van der Waals surface area contributed by atoms with Gasteiger partial charge < -0.3 is 18.9 Å². The molecule has 2 heterocycles. The van der Waals surface area contributed by atoms with Gasteiger partial charge in [0.15, 0.2) is 0 Å². The van der Waals surface area contributed by atoms with E-state index in [-0.39, 0.29) is 9.79 Å². The summed E-state index contributed by atoms with van der Waals surface area (Å²) in [6.45, 7) is 9.35. The molecule has 59 heavy (non-hydrogen) atoms. The van der Waals surface area contributed by atoms with Crippen LogP contribution in [-0.2, 0) is 34.3 Å². The van der Waals surface area contributed by atoms with Crippen LogP contribution in [0.25, 0.3) is 0 Å². The number of hydrogen-bond acceptors (Lipinski definition) is 14. The first-order valence-corrected chi connectivity index (χ1v) is 22.8. The summed E-state index contributed by atoms with van der Waals surface area (Å²) >= 11 is 3.15. The molecular formula is C41H48N8O6S4. The third-order valence-corrected chi connectivity index (χ3v) is 12.6. The lowest BCUT2D eigenvalue weighted by Gasteiger charge is -2.25. The van der Waals surface area contributed by atoms with Gasteiger partial charge in [0.05, 0.1) is 34.1 Å². The highest BCUT2D eigenvalue weighted by Gasteiger charge is 2.12. The van der Waals surface area contributed by atoms with E-state index >= 15 is 0 Å². The molecule has 0 bridgehead atoms. The Bertz CT molecular complexity index is 2450. The van der Waals surface area contributed by atoms with Crippen molar-refractivity contribution in [3.8, 4) is 0 Å².